The second-order valence-electron chi connectivity index (χ2n) is 26.3. The van der Waals surface area contributed by atoms with E-state index in [-0.39, 0.29) is 92.1 Å². The Morgan fingerprint density at radius 2 is 0.932 bits per heavy atom. The summed E-state index contributed by atoms with van der Waals surface area (Å²) in [5, 5.41) is 66.3. The van der Waals surface area contributed by atoms with Crippen molar-refractivity contribution in [3.63, 3.8) is 0 Å². The van der Waals surface area contributed by atoms with Gasteiger partial charge >= 0.3 is 25.7 Å². The van der Waals surface area contributed by atoms with Crippen molar-refractivity contribution in [2.24, 2.45) is 35.0 Å². The molecule has 2 heterocycles. The van der Waals surface area contributed by atoms with Crippen LogP contribution >= 0.6 is 7.75 Å². The lowest BCUT2D eigenvalue weighted by atomic mass is 9.95. The molecule has 0 spiro atoms. The van der Waals surface area contributed by atoms with E-state index in [9.17, 15) is 107 Å². The van der Waals surface area contributed by atoms with Crippen LogP contribution in [0.3, 0.4) is 0 Å². The van der Waals surface area contributed by atoms with Crippen molar-refractivity contribution in [3.8, 4) is 11.5 Å². The Balaban J connectivity index is 1.69. The van der Waals surface area contributed by atoms with Crippen molar-refractivity contribution < 1.29 is 112 Å². The fraction of sp³-hybridized carbons (Fsp3) is 0.591. The first-order chi connectivity index (χ1) is 48.3. The lowest BCUT2D eigenvalue weighted by molar-refractivity contribution is -0.144. The van der Waals surface area contributed by atoms with E-state index in [0.717, 1.165) is 17.0 Å². The number of amides is 12. The molecule has 2 aromatic carbocycles. The predicted molar refractivity (Wildman–Crippen MR) is 364 cm³/mol. The SMILES string of the molecule is CC[C@H](C)[C@H](NC(=O)[C@@H]1CCCN1C(=O)[C@@H](NC(=O)[C@H](CCC(=O)O)NC(=O)[C@H](CCC(=O)O)NC(=O)[C@H](Cc1ccc(O)cc1)N(C(=O)[C@H](CCC(N)=O)NC(=O)[C@@H]1CCCN1C(=O)[C@@H](N)CCC(=O)O)P(=O)(O)O)[C@@H](C)CC)C(=O)N[C@@H](Cc1ccc(O)cc1)C(=O)N[C@@H](CC(C)C)C(N)=O. The van der Waals surface area contributed by atoms with Gasteiger partial charge in [0.15, 0.2) is 0 Å². The van der Waals surface area contributed by atoms with Gasteiger partial charge in [0.05, 0.1) is 6.04 Å². The smallest absolute Gasteiger partial charge is 0.433 e. The summed E-state index contributed by atoms with van der Waals surface area (Å²) in [5.41, 5.74) is 17.5. The van der Waals surface area contributed by atoms with Crippen LogP contribution in [0.2, 0.25) is 0 Å². The first kappa shape index (κ1) is 85.6. The van der Waals surface area contributed by atoms with Crippen LogP contribution in [0.5, 0.6) is 11.5 Å². The summed E-state index contributed by atoms with van der Waals surface area (Å²) in [6.07, 6.45) is -5.77. The molecule has 36 nitrogen and oxygen atoms in total. The number of rotatable bonds is 42. The van der Waals surface area contributed by atoms with Crippen LogP contribution in [0, 0.1) is 17.8 Å². The quantitative estimate of drug-likeness (QED) is 0.0332. The third kappa shape index (κ3) is 26.5. The van der Waals surface area contributed by atoms with Gasteiger partial charge in [-0.2, -0.15) is 0 Å². The molecule has 13 atom stereocenters. The number of nitrogens with zero attached hydrogens (tertiary/aromatic N) is 3. The number of nitrogens with two attached hydrogens (primary N) is 3. The molecule has 0 radical (unpaired) electrons. The van der Waals surface area contributed by atoms with Crippen molar-refractivity contribution in [1.82, 2.24) is 51.7 Å². The van der Waals surface area contributed by atoms with Gasteiger partial charge in [0.1, 0.15) is 71.9 Å². The molecule has 2 aliphatic heterocycles. The summed E-state index contributed by atoms with van der Waals surface area (Å²) in [5.74, 6) is -19.3. The Labute approximate surface area is 594 Å². The number of aliphatic carboxylic acids is 3. The topological polar surface area (TPSA) is 587 Å². The summed E-state index contributed by atoms with van der Waals surface area (Å²) < 4.78 is 13.5. The summed E-state index contributed by atoms with van der Waals surface area (Å²) in [6, 6.07) is -7.85. The number of carbonyl (C=O) groups excluding carboxylic acids is 12. The Morgan fingerprint density at radius 1 is 0.515 bits per heavy atom. The summed E-state index contributed by atoms with van der Waals surface area (Å²) in [7, 11) is -6.19. The molecular weight excluding hydrogens is 1370 g/mol. The van der Waals surface area contributed by atoms with E-state index < -0.39 is 226 Å². The van der Waals surface area contributed by atoms with Crippen LogP contribution in [-0.2, 0) is 89.3 Å². The highest BCUT2D eigenvalue weighted by atomic mass is 31.2. The van der Waals surface area contributed by atoms with Gasteiger partial charge in [-0.25, -0.2) is 9.24 Å². The number of hydrogen-bond acceptors (Lipinski definition) is 19. The number of carbonyl (C=O) groups is 15. The van der Waals surface area contributed by atoms with Crippen molar-refractivity contribution in [2.45, 2.75) is 217 Å². The van der Waals surface area contributed by atoms with E-state index in [1.165, 1.54) is 41.3 Å². The molecule has 0 unspecified atom stereocenters. The molecule has 2 aliphatic rings. The maximum Gasteiger partial charge on any atom is 0.433 e. The first-order valence-corrected chi connectivity index (χ1v) is 35.5. The largest absolute Gasteiger partial charge is 0.508 e. The molecular formula is C66H98N13O23P. The van der Waals surface area contributed by atoms with Crippen LogP contribution in [0.15, 0.2) is 48.5 Å². The fourth-order valence-corrected chi connectivity index (χ4v) is 12.8. The third-order valence-corrected chi connectivity index (χ3v) is 19.0. The maximum absolute atomic E-state index is 14.9. The summed E-state index contributed by atoms with van der Waals surface area (Å²) >= 11 is 0. The standard InChI is InChI=1S/C66H98N13O23P/c1-7-35(5)54(63(96)74-46(32-37-13-17-39(80)18-14-37)59(92)73-45(56(69)89)31-34(3)4)75-61(94)48-12-10-30-78(48)66(99)55(36(6)8-2)76-58(91)43(24-28-53(87)88)70-57(90)42(23-27-52(85)86)71-62(95)49(33-38-15-19-40(81)20-16-38)79(103(100,101)102)65(98)44(22-25-50(68)82)72-60(93)47-11-9-29-77(47)64(97)41(67)21-26-51(83)84/h13-20,34-36,41-49,54-55,80-81H,7-12,21-33,67H2,1-6H3,(H2,68,82)(H2,69,89)(H,70,90)(H,71,95)(H,72,93)(H,73,92)(H,74,96)(H,75,94)(H,76,91)(H,83,84)(H,85,86)(H,87,88)(H2,100,101,102)/t35-,36-,41-,42-,43-,44-,45-,46-,47-,48-,49-,54-,55-/m0/s1. The van der Waals surface area contributed by atoms with E-state index in [2.05, 4.69) is 37.2 Å². The highest BCUT2D eigenvalue weighted by Gasteiger charge is 2.48. The third-order valence-electron chi connectivity index (χ3n) is 17.9. The highest BCUT2D eigenvalue weighted by Crippen LogP contribution is 2.44. The molecule has 0 saturated carbocycles. The van der Waals surface area contributed by atoms with Crippen LogP contribution < -0.4 is 54.4 Å². The summed E-state index contributed by atoms with van der Waals surface area (Å²) in [4.78, 5) is 229. The number of aromatic hydroxyl groups is 2. The molecule has 2 aromatic rings. The fourth-order valence-electron chi connectivity index (χ4n) is 11.8. The summed E-state index contributed by atoms with van der Waals surface area (Å²) in [6.45, 7) is 10.1. The molecule has 4 rings (SSSR count). The van der Waals surface area contributed by atoms with Crippen molar-refractivity contribution in [2.75, 3.05) is 13.1 Å². The van der Waals surface area contributed by atoms with Crippen LogP contribution in [-0.4, -0.2) is 218 Å². The Morgan fingerprint density at radius 3 is 1.40 bits per heavy atom. The molecule has 0 bridgehead atoms. The minimum atomic E-state index is -6.19. The first-order valence-electron chi connectivity index (χ1n) is 34.0. The lowest BCUT2D eigenvalue weighted by Gasteiger charge is -2.35. The minimum Gasteiger partial charge on any atom is -0.508 e. The van der Waals surface area contributed by atoms with Gasteiger partial charge in [-0.1, -0.05) is 78.6 Å². The highest BCUT2D eigenvalue weighted by molar-refractivity contribution is 7.50. The van der Waals surface area contributed by atoms with Gasteiger partial charge in [0, 0.05) is 51.6 Å². The van der Waals surface area contributed by atoms with Crippen LogP contribution in [0.25, 0.3) is 0 Å². The number of carboxylic acid groups (broad SMARTS) is 3. The Bertz CT molecular complexity index is 3430. The van der Waals surface area contributed by atoms with E-state index in [4.69, 9.17) is 22.3 Å². The Hall–Kier alpha value is -9.80. The molecule has 570 valence electrons. The second kappa shape index (κ2) is 40.2. The average Bonchev–Trinajstić information content (AvgIpc) is 1.60. The number of hydrogen-bond donors (Lipinski definition) is 17. The van der Waals surface area contributed by atoms with Gasteiger partial charge < -0.3 is 99.5 Å². The molecule has 0 aliphatic carbocycles. The van der Waals surface area contributed by atoms with E-state index in [1.807, 2.05) is 13.8 Å². The normalized spacial score (nSPS) is 17.6. The zero-order valence-corrected chi connectivity index (χ0v) is 59.2. The second-order valence-corrected chi connectivity index (χ2v) is 27.8. The number of benzene rings is 2. The maximum atomic E-state index is 14.9. The number of nitrogens with one attached hydrogen (secondary N) is 7. The Kier molecular flexibility index (Phi) is 33.4. The molecule has 103 heavy (non-hydrogen) atoms. The zero-order valence-electron chi connectivity index (χ0n) is 58.3. The molecule has 0 aromatic heterocycles. The molecule has 37 heteroatoms. The van der Waals surface area contributed by atoms with Crippen molar-refractivity contribution in [3.05, 3.63) is 59.7 Å². The molecule has 2 fully saturated rings. The number of likely N-dealkylation sites (tertiary alicyclic amines) is 2. The number of carboxylic acids is 3. The van der Waals surface area contributed by atoms with E-state index >= 15 is 0 Å². The van der Waals surface area contributed by atoms with E-state index in [1.54, 1.807) is 27.7 Å². The molecule has 12 amide bonds. The van der Waals surface area contributed by atoms with Crippen molar-refractivity contribution >= 4 is 96.5 Å². The van der Waals surface area contributed by atoms with Crippen LogP contribution in [0.1, 0.15) is 149 Å². The van der Waals surface area contributed by atoms with Gasteiger partial charge in [0.25, 0.3) is 5.91 Å². The number of phenols is 2. The molecule has 2 saturated heterocycles. The van der Waals surface area contributed by atoms with Gasteiger partial charge in [-0.15, -0.1) is 0 Å². The van der Waals surface area contributed by atoms with Gasteiger partial charge in [-0.05, 0) is 111 Å². The van der Waals surface area contributed by atoms with E-state index in [0.29, 0.717) is 12.0 Å². The lowest BCUT2D eigenvalue weighted by Crippen LogP contribution is -2.62. The predicted octanol–water partition coefficient (Wildman–Crippen LogP) is -1.64. The van der Waals surface area contributed by atoms with Crippen LogP contribution in [0.4, 0.5) is 0 Å². The number of phenolic OH excluding ortho intramolecular Hbond substituents is 2. The van der Waals surface area contributed by atoms with Gasteiger partial charge in [0.2, 0.25) is 65.0 Å². The number of primary amides is 2. The van der Waals surface area contributed by atoms with Gasteiger partial charge in [-0.3, -0.25) is 71.9 Å². The monoisotopic (exact) mass is 1470 g/mol. The molecule has 20 N–H and O–H groups in total. The zero-order chi connectivity index (χ0) is 77.3. The van der Waals surface area contributed by atoms with Crippen molar-refractivity contribution in [1.29, 1.82) is 0 Å². The minimum absolute atomic E-state index is 0.0301. The average molecular weight is 1470 g/mol.